The fourth-order valence-corrected chi connectivity index (χ4v) is 6.42. The molecule has 7 rings (SSSR count). The third-order valence-corrected chi connectivity index (χ3v) is 8.52. The number of hydrogen-bond donors (Lipinski definition) is 2. The highest BCUT2D eigenvalue weighted by Crippen LogP contribution is 2.50. The molecule has 3 unspecified atom stereocenters. The highest BCUT2D eigenvalue weighted by Gasteiger charge is 2.36. The fourth-order valence-electron chi connectivity index (χ4n) is 6.42. The highest BCUT2D eigenvalue weighted by molar-refractivity contribution is 6.10. The molecule has 5 aromatic rings. The summed E-state index contributed by atoms with van der Waals surface area (Å²) >= 11 is 0. The Morgan fingerprint density at radius 1 is 0.821 bits per heavy atom. The van der Waals surface area contributed by atoms with Crippen molar-refractivity contribution in [1.29, 1.82) is 0 Å². The van der Waals surface area contributed by atoms with Crippen LogP contribution in [-0.2, 0) is 5.41 Å². The molecular formula is C35H33N4-. The van der Waals surface area contributed by atoms with Crippen LogP contribution in [0.3, 0.4) is 0 Å². The van der Waals surface area contributed by atoms with Crippen LogP contribution in [0.1, 0.15) is 43.1 Å². The minimum atomic E-state index is -0.422. The molecule has 39 heavy (non-hydrogen) atoms. The molecule has 4 aromatic carbocycles. The Morgan fingerprint density at radius 3 is 2.41 bits per heavy atom. The number of rotatable bonds is 6. The first-order valence-electron chi connectivity index (χ1n) is 13.8. The van der Waals surface area contributed by atoms with Gasteiger partial charge in [0.2, 0.25) is 0 Å². The van der Waals surface area contributed by atoms with E-state index in [0.29, 0.717) is 0 Å². The molecule has 0 radical (unpaired) electrons. The van der Waals surface area contributed by atoms with Crippen LogP contribution in [0.15, 0.2) is 115 Å². The molecule has 0 aliphatic heterocycles. The normalized spacial score (nSPS) is 18.7. The second kappa shape index (κ2) is 9.26. The number of para-hydroxylation sites is 1. The predicted molar refractivity (Wildman–Crippen MR) is 163 cm³/mol. The topological polar surface area (TPSA) is 57.1 Å². The van der Waals surface area contributed by atoms with Gasteiger partial charge in [0.15, 0.2) is 0 Å². The van der Waals surface area contributed by atoms with Gasteiger partial charge in [-0.2, -0.15) is 0 Å². The van der Waals surface area contributed by atoms with Gasteiger partial charge in [-0.1, -0.05) is 123 Å². The van der Waals surface area contributed by atoms with E-state index in [-0.39, 0.29) is 17.5 Å². The van der Waals surface area contributed by atoms with Crippen LogP contribution < -0.4 is 11.2 Å². The summed E-state index contributed by atoms with van der Waals surface area (Å²) in [5.41, 5.74) is 19.2. The number of nitrogens with two attached hydrogens (primary N) is 1. The van der Waals surface area contributed by atoms with Crippen molar-refractivity contribution in [2.75, 3.05) is 5.43 Å². The molecule has 0 saturated carbocycles. The van der Waals surface area contributed by atoms with Gasteiger partial charge in [-0.15, -0.1) is 0 Å². The van der Waals surface area contributed by atoms with Gasteiger partial charge in [0.25, 0.3) is 0 Å². The molecule has 0 bridgehead atoms. The van der Waals surface area contributed by atoms with Crippen LogP contribution in [0.2, 0.25) is 0 Å². The largest absolute Gasteiger partial charge is 0.622 e. The maximum Gasteiger partial charge on any atom is 0.0708 e. The molecule has 4 heteroatoms. The Hall–Kier alpha value is -4.12. The lowest BCUT2D eigenvalue weighted by atomic mass is 9.82. The van der Waals surface area contributed by atoms with Crippen LogP contribution in [0, 0.1) is 5.92 Å². The average molecular weight is 510 g/mol. The van der Waals surface area contributed by atoms with Crippen molar-refractivity contribution in [2.24, 2.45) is 11.7 Å². The summed E-state index contributed by atoms with van der Waals surface area (Å²) < 4.78 is 2.25. The van der Waals surface area contributed by atoms with Gasteiger partial charge in [0.1, 0.15) is 0 Å². The lowest BCUT2D eigenvalue weighted by Crippen LogP contribution is -2.35. The zero-order chi connectivity index (χ0) is 26.6. The van der Waals surface area contributed by atoms with E-state index in [1.165, 1.54) is 38.5 Å². The number of fused-ring (bicyclic) bond motifs is 6. The number of nitrogens with one attached hydrogen (secondary N) is 1. The SMILES string of the molecule is CC1(C)c2ccccc2-c2cc3c4ccccc4n(NC([N-]C(N)c4ccccc4)C4C=CC=CC4)c3cc21. The summed E-state index contributed by atoms with van der Waals surface area (Å²) in [6.07, 6.45) is 8.95. The van der Waals surface area contributed by atoms with Crippen molar-refractivity contribution >= 4 is 21.8 Å². The molecule has 3 N–H and O–H groups in total. The molecule has 2 aliphatic rings. The molecule has 0 fully saturated rings. The molecule has 2 aliphatic carbocycles. The van der Waals surface area contributed by atoms with E-state index in [4.69, 9.17) is 11.1 Å². The first kappa shape index (κ1) is 24.0. The summed E-state index contributed by atoms with van der Waals surface area (Å²) in [5.74, 6) is 0.191. The highest BCUT2D eigenvalue weighted by atomic mass is 15.5. The van der Waals surface area contributed by atoms with Gasteiger partial charge < -0.3 is 16.5 Å². The second-order valence-corrected chi connectivity index (χ2v) is 11.2. The van der Waals surface area contributed by atoms with Crippen molar-refractivity contribution < 1.29 is 0 Å². The number of hydrogen-bond acceptors (Lipinski definition) is 2. The van der Waals surface area contributed by atoms with E-state index in [1.807, 2.05) is 30.3 Å². The van der Waals surface area contributed by atoms with E-state index >= 15 is 0 Å². The van der Waals surface area contributed by atoms with Crippen LogP contribution >= 0.6 is 0 Å². The van der Waals surface area contributed by atoms with Crippen molar-refractivity contribution in [3.63, 3.8) is 0 Å². The van der Waals surface area contributed by atoms with Gasteiger partial charge in [-0.25, -0.2) is 0 Å². The van der Waals surface area contributed by atoms with E-state index in [1.54, 1.807) is 0 Å². The van der Waals surface area contributed by atoms with Gasteiger partial charge in [0, 0.05) is 16.2 Å². The minimum absolute atomic E-state index is 0.0717. The third kappa shape index (κ3) is 3.91. The Morgan fingerprint density at radius 2 is 1.59 bits per heavy atom. The molecule has 3 atom stereocenters. The quantitative estimate of drug-likeness (QED) is 0.243. The third-order valence-electron chi connectivity index (χ3n) is 8.52. The lowest BCUT2D eigenvalue weighted by Gasteiger charge is -2.43. The smallest absolute Gasteiger partial charge is 0.0708 e. The van der Waals surface area contributed by atoms with Gasteiger partial charge >= 0.3 is 0 Å². The first-order valence-corrected chi connectivity index (χ1v) is 13.8. The monoisotopic (exact) mass is 509 g/mol. The number of allylic oxidation sites excluding steroid dienone is 3. The molecule has 4 nitrogen and oxygen atoms in total. The van der Waals surface area contributed by atoms with E-state index in [0.717, 1.165) is 17.5 Å². The van der Waals surface area contributed by atoms with E-state index < -0.39 is 6.17 Å². The Balaban J connectivity index is 1.37. The van der Waals surface area contributed by atoms with Crippen molar-refractivity contribution in [3.05, 3.63) is 137 Å². The first-order chi connectivity index (χ1) is 19.0. The van der Waals surface area contributed by atoms with Crippen LogP contribution in [0.4, 0.5) is 0 Å². The molecular weight excluding hydrogens is 476 g/mol. The zero-order valence-corrected chi connectivity index (χ0v) is 22.4. The van der Waals surface area contributed by atoms with Crippen molar-refractivity contribution in [2.45, 2.75) is 38.0 Å². The summed E-state index contributed by atoms with van der Waals surface area (Å²) in [5, 5.41) is 7.63. The molecule has 1 aromatic heterocycles. The maximum atomic E-state index is 6.66. The maximum absolute atomic E-state index is 6.66. The molecule has 0 saturated heterocycles. The van der Waals surface area contributed by atoms with Crippen molar-refractivity contribution in [1.82, 2.24) is 4.68 Å². The summed E-state index contributed by atoms with van der Waals surface area (Å²) in [6, 6.07) is 32.4. The van der Waals surface area contributed by atoms with Gasteiger partial charge in [-0.3, -0.25) is 4.68 Å². The zero-order valence-electron chi connectivity index (χ0n) is 22.4. The van der Waals surface area contributed by atoms with Gasteiger partial charge in [0.05, 0.1) is 11.0 Å². The van der Waals surface area contributed by atoms with Crippen LogP contribution in [0.25, 0.3) is 38.2 Å². The summed E-state index contributed by atoms with van der Waals surface area (Å²) in [4.78, 5) is 0. The number of nitrogens with zero attached hydrogens (tertiary/aromatic N) is 2. The second-order valence-electron chi connectivity index (χ2n) is 11.2. The van der Waals surface area contributed by atoms with Crippen LogP contribution in [-0.4, -0.2) is 10.8 Å². The summed E-state index contributed by atoms with van der Waals surface area (Å²) in [7, 11) is 0. The predicted octanol–water partition coefficient (Wildman–Crippen LogP) is 8.13. The Labute approximate surface area is 229 Å². The van der Waals surface area contributed by atoms with Crippen LogP contribution in [0.5, 0.6) is 0 Å². The number of aromatic nitrogens is 1. The number of benzene rings is 4. The molecule has 0 spiro atoms. The summed E-state index contributed by atoms with van der Waals surface area (Å²) in [6.45, 7) is 4.67. The van der Waals surface area contributed by atoms with E-state index in [2.05, 4.69) is 109 Å². The van der Waals surface area contributed by atoms with E-state index in [9.17, 15) is 0 Å². The standard InChI is InChI=1S/C35H33N4/c1-35(2)29-19-11-9-17-25(29)27-21-28-26-18-10-12-20-31(26)39(32(28)22-30(27)35)38-34(24-15-7-4-8-16-24)37-33(36)23-13-5-3-6-14-23/h3-15,17-22,24,33-34,38H,16,36H2,1-2H3/q-1. The molecule has 194 valence electrons. The molecule has 1 heterocycles. The lowest BCUT2D eigenvalue weighted by molar-refractivity contribution is 0.528. The Kier molecular flexibility index (Phi) is 5.69. The minimum Gasteiger partial charge on any atom is -0.622 e. The fraction of sp³-hybridized carbons (Fsp3) is 0.200. The average Bonchev–Trinajstić information content (AvgIpc) is 3.41. The van der Waals surface area contributed by atoms with Crippen molar-refractivity contribution in [3.8, 4) is 11.1 Å². The Bertz CT molecular complexity index is 1740. The van der Waals surface area contributed by atoms with Gasteiger partial charge in [-0.05, 0) is 59.0 Å². The molecule has 0 amide bonds.